The van der Waals surface area contributed by atoms with E-state index in [4.69, 9.17) is 11.6 Å². The Kier molecular flexibility index (Phi) is 3.07. The molecule has 2 aromatic rings. The highest BCUT2D eigenvalue weighted by Gasteiger charge is 2.05. The van der Waals surface area contributed by atoms with Crippen LogP contribution in [0.5, 0.6) is 0 Å². The van der Waals surface area contributed by atoms with Crippen LogP contribution in [-0.2, 0) is 0 Å². The zero-order valence-electron chi connectivity index (χ0n) is 8.91. The van der Waals surface area contributed by atoms with Crippen LogP contribution in [-0.4, -0.2) is 6.29 Å². The lowest BCUT2D eigenvalue weighted by Crippen LogP contribution is -1.87. The van der Waals surface area contributed by atoms with Crippen LogP contribution in [0.4, 0.5) is 0 Å². The first-order valence-corrected chi connectivity index (χ1v) is 5.41. The molecule has 0 aliphatic rings. The predicted octanol–water partition coefficient (Wildman–Crippen LogP) is 4.13. The summed E-state index contributed by atoms with van der Waals surface area (Å²) in [5.74, 6) is 0. The summed E-state index contributed by atoms with van der Waals surface area (Å²) in [4.78, 5) is 10.6. The number of carbonyl (C=O) groups excluding carboxylic acids is 1. The molecule has 0 unspecified atom stereocenters. The van der Waals surface area contributed by atoms with Crippen molar-refractivity contribution in [1.29, 1.82) is 0 Å². The Morgan fingerprint density at radius 2 is 1.81 bits per heavy atom. The third-order valence-electron chi connectivity index (χ3n) is 2.55. The summed E-state index contributed by atoms with van der Waals surface area (Å²) in [5, 5.41) is 0.726. The van der Waals surface area contributed by atoms with Gasteiger partial charge in [-0.05, 0) is 30.2 Å². The van der Waals surface area contributed by atoms with E-state index in [0.717, 1.165) is 28.0 Å². The van der Waals surface area contributed by atoms with Crippen molar-refractivity contribution in [2.24, 2.45) is 0 Å². The molecule has 0 heterocycles. The molecule has 0 amide bonds. The maximum absolute atomic E-state index is 10.6. The van der Waals surface area contributed by atoms with E-state index in [2.05, 4.69) is 0 Å². The van der Waals surface area contributed by atoms with Crippen molar-refractivity contribution in [1.82, 2.24) is 0 Å². The van der Waals surface area contributed by atoms with E-state index < -0.39 is 0 Å². The van der Waals surface area contributed by atoms with Crippen molar-refractivity contribution in [3.63, 3.8) is 0 Å². The molecule has 0 aliphatic carbocycles. The lowest BCUT2D eigenvalue weighted by molar-refractivity contribution is 0.112. The highest BCUT2D eigenvalue weighted by atomic mass is 35.5. The van der Waals surface area contributed by atoms with E-state index in [9.17, 15) is 4.79 Å². The van der Waals surface area contributed by atoms with Crippen LogP contribution in [0, 0.1) is 6.92 Å². The first-order chi connectivity index (χ1) is 7.72. The van der Waals surface area contributed by atoms with E-state index in [0.29, 0.717) is 5.56 Å². The van der Waals surface area contributed by atoms with Crippen molar-refractivity contribution in [3.05, 3.63) is 58.6 Å². The van der Waals surface area contributed by atoms with Gasteiger partial charge >= 0.3 is 0 Å². The van der Waals surface area contributed by atoms with E-state index in [1.807, 2.05) is 43.3 Å². The number of hydrogen-bond donors (Lipinski definition) is 0. The summed E-state index contributed by atoms with van der Waals surface area (Å²) in [6, 6.07) is 13.3. The van der Waals surface area contributed by atoms with Gasteiger partial charge in [0, 0.05) is 16.1 Å². The predicted molar refractivity (Wildman–Crippen MR) is 67.0 cm³/mol. The van der Waals surface area contributed by atoms with Crippen LogP contribution in [0.25, 0.3) is 11.1 Å². The Morgan fingerprint density at radius 3 is 2.44 bits per heavy atom. The Bertz CT molecular complexity index is 532. The lowest BCUT2D eigenvalue weighted by atomic mass is 9.99. The van der Waals surface area contributed by atoms with Gasteiger partial charge in [0.15, 0.2) is 0 Å². The molecular weight excluding hydrogens is 220 g/mol. The maximum atomic E-state index is 10.6. The van der Waals surface area contributed by atoms with Crippen molar-refractivity contribution in [2.45, 2.75) is 6.92 Å². The van der Waals surface area contributed by atoms with Gasteiger partial charge in [-0.3, -0.25) is 4.79 Å². The number of carbonyl (C=O) groups is 1. The number of rotatable bonds is 2. The van der Waals surface area contributed by atoms with Crippen LogP contribution in [0.15, 0.2) is 42.5 Å². The second-order valence-corrected chi connectivity index (χ2v) is 4.08. The van der Waals surface area contributed by atoms with E-state index in [1.165, 1.54) is 0 Å². The van der Waals surface area contributed by atoms with Crippen molar-refractivity contribution in [2.75, 3.05) is 0 Å². The quantitative estimate of drug-likeness (QED) is 0.709. The monoisotopic (exact) mass is 230 g/mol. The molecule has 0 saturated carbocycles. The molecule has 2 aromatic carbocycles. The summed E-state index contributed by atoms with van der Waals surface area (Å²) in [5.41, 5.74) is 3.81. The van der Waals surface area contributed by atoms with Gasteiger partial charge in [-0.2, -0.15) is 0 Å². The van der Waals surface area contributed by atoms with Crippen LogP contribution < -0.4 is 0 Å². The fraction of sp³-hybridized carbons (Fsp3) is 0.0714. The molecule has 16 heavy (non-hydrogen) atoms. The maximum Gasteiger partial charge on any atom is 0.150 e. The van der Waals surface area contributed by atoms with E-state index in [-0.39, 0.29) is 0 Å². The number of benzene rings is 2. The first kappa shape index (κ1) is 10.9. The van der Waals surface area contributed by atoms with Gasteiger partial charge in [0.05, 0.1) is 0 Å². The number of halogens is 1. The number of aldehydes is 1. The normalized spacial score (nSPS) is 10.1. The van der Waals surface area contributed by atoms with Crippen LogP contribution >= 0.6 is 11.6 Å². The smallest absolute Gasteiger partial charge is 0.150 e. The summed E-state index contributed by atoms with van der Waals surface area (Å²) in [7, 11) is 0. The Hall–Kier alpha value is -1.60. The molecule has 0 atom stereocenters. The Balaban J connectivity index is 2.57. The molecule has 0 radical (unpaired) electrons. The number of hydrogen-bond acceptors (Lipinski definition) is 1. The highest BCUT2D eigenvalue weighted by Crippen LogP contribution is 2.30. The van der Waals surface area contributed by atoms with Crippen molar-refractivity contribution >= 4 is 17.9 Å². The standard InChI is InChI=1S/C14H11ClO/c1-10-8-11(9-16)6-7-12(10)13-4-2-3-5-14(13)15/h2-9H,1H3. The van der Waals surface area contributed by atoms with Crippen molar-refractivity contribution < 1.29 is 4.79 Å². The molecule has 80 valence electrons. The second-order valence-electron chi connectivity index (χ2n) is 3.67. The number of aryl methyl sites for hydroxylation is 1. The Morgan fingerprint density at radius 1 is 1.06 bits per heavy atom. The fourth-order valence-corrected chi connectivity index (χ4v) is 1.98. The molecule has 0 bridgehead atoms. The van der Waals surface area contributed by atoms with E-state index >= 15 is 0 Å². The van der Waals surface area contributed by atoms with Gasteiger partial charge in [-0.25, -0.2) is 0 Å². The van der Waals surface area contributed by atoms with Crippen LogP contribution in [0.3, 0.4) is 0 Å². The van der Waals surface area contributed by atoms with Crippen LogP contribution in [0.2, 0.25) is 5.02 Å². The molecule has 0 aliphatic heterocycles. The van der Waals surface area contributed by atoms with Gasteiger partial charge in [0.2, 0.25) is 0 Å². The molecule has 0 spiro atoms. The fourth-order valence-electron chi connectivity index (χ4n) is 1.74. The second kappa shape index (κ2) is 4.50. The minimum Gasteiger partial charge on any atom is -0.298 e. The van der Waals surface area contributed by atoms with Crippen molar-refractivity contribution in [3.8, 4) is 11.1 Å². The van der Waals surface area contributed by atoms with Gasteiger partial charge in [0.25, 0.3) is 0 Å². The van der Waals surface area contributed by atoms with Gasteiger partial charge in [-0.15, -0.1) is 0 Å². The molecule has 0 fully saturated rings. The largest absolute Gasteiger partial charge is 0.298 e. The molecule has 2 rings (SSSR count). The Labute approximate surface area is 99.7 Å². The molecule has 0 aromatic heterocycles. The summed E-state index contributed by atoms with van der Waals surface area (Å²) in [6.45, 7) is 1.98. The zero-order chi connectivity index (χ0) is 11.5. The minimum absolute atomic E-state index is 0.688. The topological polar surface area (TPSA) is 17.1 Å². The highest BCUT2D eigenvalue weighted by molar-refractivity contribution is 6.33. The molecule has 0 saturated heterocycles. The zero-order valence-corrected chi connectivity index (χ0v) is 9.66. The average molecular weight is 231 g/mol. The van der Waals surface area contributed by atoms with Gasteiger partial charge < -0.3 is 0 Å². The molecule has 1 nitrogen and oxygen atoms in total. The minimum atomic E-state index is 0.688. The summed E-state index contributed by atoms with van der Waals surface area (Å²) in [6.07, 6.45) is 0.851. The summed E-state index contributed by atoms with van der Waals surface area (Å²) < 4.78 is 0. The lowest BCUT2D eigenvalue weighted by Gasteiger charge is -2.08. The molecule has 2 heteroatoms. The van der Waals surface area contributed by atoms with Crippen LogP contribution in [0.1, 0.15) is 15.9 Å². The SMILES string of the molecule is Cc1cc(C=O)ccc1-c1ccccc1Cl. The molecular formula is C14H11ClO. The first-order valence-electron chi connectivity index (χ1n) is 5.03. The van der Waals surface area contributed by atoms with Gasteiger partial charge in [0.1, 0.15) is 6.29 Å². The third kappa shape index (κ3) is 2.00. The van der Waals surface area contributed by atoms with E-state index in [1.54, 1.807) is 6.07 Å². The average Bonchev–Trinajstić information content (AvgIpc) is 2.30. The summed E-state index contributed by atoms with van der Waals surface area (Å²) >= 11 is 6.13. The molecule has 0 N–H and O–H groups in total. The third-order valence-corrected chi connectivity index (χ3v) is 2.88. The van der Waals surface area contributed by atoms with Gasteiger partial charge in [-0.1, -0.05) is 41.9 Å².